The molecule has 2 nitrogen and oxygen atoms in total. The molecule has 2 aliphatic carbocycles. The van der Waals surface area contributed by atoms with Crippen LogP contribution >= 0.6 is 11.6 Å². The predicted octanol–water partition coefficient (Wildman–Crippen LogP) is 4.48. The normalized spacial score (nSPS) is 24.2. The molecule has 0 aromatic heterocycles. The minimum atomic E-state index is 0.165. The number of carbonyl (C=O) groups excluding carboxylic acids is 1. The number of carbonyl (C=O) groups is 1. The van der Waals surface area contributed by atoms with Crippen LogP contribution in [0.3, 0.4) is 0 Å². The summed E-state index contributed by atoms with van der Waals surface area (Å²) in [7, 11) is 0. The average molecular weight is 306 g/mol. The van der Waals surface area contributed by atoms with Crippen molar-refractivity contribution < 1.29 is 4.79 Å². The number of hydrogen-bond acceptors (Lipinski definition) is 1. The van der Waals surface area contributed by atoms with Crippen LogP contribution in [0.25, 0.3) is 0 Å². The van der Waals surface area contributed by atoms with Crippen molar-refractivity contribution >= 4 is 17.5 Å². The van der Waals surface area contributed by atoms with Gasteiger partial charge in [0.1, 0.15) is 0 Å². The Balaban J connectivity index is 1.64. The fraction of sp³-hybridized carbons (Fsp3) is 0.611. The van der Waals surface area contributed by atoms with E-state index >= 15 is 0 Å². The van der Waals surface area contributed by atoms with Gasteiger partial charge in [0.05, 0.1) is 0 Å². The van der Waals surface area contributed by atoms with Crippen molar-refractivity contribution in [1.82, 2.24) is 4.90 Å². The summed E-state index contributed by atoms with van der Waals surface area (Å²) in [5, 5.41) is 0.804. The topological polar surface area (TPSA) is 20.3 Å². The molecule has 1 amide bonds. The first kappa shape index (κ1) is 14.9. The number of halogens is 1. The second kappa shape index (κ2) is 6.00. The van der Waals surface area contributed by atoms with Crippen LogP contribution in [0.1, 0.15) is 51.0 Å². The highest BCUT2D eigenvalue weighted by atomic mass is 35.5. The summed E-state index contributed by atoms with van der Waals surface area (Å²) in [4.78, 5) is 14.9. The van der Waals surface area contributed by atoms with E-state index in [1.165, 1.54) is 12.8 Å². The SMILES string of the molecule is CC(C)CCN(C(=O)C1CC1c1ccccc1Cl)C1CC1. The van der Waals surface area contributed by atoms with E-state index in [4.69, 9.17) is 11.6 Å². The zero-order chi connectivity index (χ0) is 15.0. The Hall–Kier alpha value is -1.02. The molecule has 0 bridgehead atoms. The van der Waals surface area contributed by atoms with E-state index in [1.54, 1.807) is 0 Å². The van der Waals surface area contributed by atoms with Gasteiger partial charge >= 0.3 is 0 Å². The summed E-state index contributed by atoms with van der Waals surface area (Å²) in [6.45, 7) is 5.37. The number of benzene rings is 1. The van der Waals surface area contributed by atoms with Crippen molar-refractivity contribution in [3.8, 4) is 0 Å². The molecule has 0 aliphatic heterocycles. The van der Waals surface area contributed by atoms with Crippen LogP contribution in [-0.4, -0.2) is 23.4 Å². The Morgan fingerprint density at radius 2 is 2.05 bits per heavy atom. The summed E-state index contributed by atoms with van der Waals surface area (Å²) in [5.41, 5.74) is 1.15. The molecule has 0 saturated heterocycles. The monoisotopic (exact) mass is 305 g/mol. The largest absolute Gasteiger partial charge is 0.339 e. The van der Waals surface area contributed by atoms with Crippen molar-refractivity contribution in [2.45, 2.75) is 51.5 Å². The zero-order valence-electron chi connectivity index (χ0n) is 12.9. The number of nitrogens with zero attached hydrogens (tertiary/aromatic N) is 1. The number of rotatable bonds is 6. The molecule has 2 fully saturated rings. The van der Waals surface area contributed by atoms with Crippen LogP contribution in [-0.2, 0) is 4.79 Å². The van der Waals surface area contributed by atoms with E-state index in [0.29, 0.717) is 23.8 Å². The molecule has 0 radical (unpaired) electrons. The van der Waals surface area contributed by atoms with Crippen molar-refractivity contribution in [2.24, 2.45) is 11.8 Å². The highest BCUT2D eigenvalue weighted by Gasteiger charge is 2.48. The van der Waals surface area contributed by atoms with Crippen LogP contribution < -0.4 is 0 Å². The number of hydrogen-bond donors (Lipinski definition) is 0. The van der Waals surface area contributed by atoms with Gasteiger partial charge in [0.25, 0.3) is 0 Å². The van der Waals surface area contributed by atoms with Gasteiger partial charge in [-0.25, -0.2) is 0 Å². The first-order valence-corrected chi connectivity index (χ1v) is 8.50. The highest BCUT2D eigenvalue weighted by Crippen LogP contribution is 2.51. The van der Waals surface area contributed by atoms with Crippen molar-refractivity contribution in [1.29, 1.82) is 0 Å². The lowest BCUT2D eigenvalue weighted by Crippen LogP contribution is -2.36. The fourth-order valence-electron chi connectivity index (χ4n) is 3.06. The molecule has 1 aromatic rings. The summed E-state index contributed by atoms with van der Waals surface area (Å²) < 4.78 is 0. The van der Waals surface area contributed by atoms with Crippen LogP contribution in [0.5, 0.6) is 0 Å². The molecule has 3 rings (SSSR count). The standard InChI is InChI=1S/C18H24ClNO/c1-12(2)9-10-20(13-7-8-13)18(21)16-11-15(16)14-5-3-4-6-17(14)19/h3-6,12-13,15-16H,7-11H2,1-2H3. The lowest BCUT2D eigenvalue weighted by Gasteiger charge is -2.23. The summed E-state index contributed by atoms with van der Waals surface area (Å²) in [6.07, 6.45) is 4.44. The molecule has 21 heavy (non-hydrogen) atoms. The fourth-order valence-corrected chi connectivity index (χ4v) is 3.33. The summed E-state index contributed by atoms with van der Waals surface area (Å²) in [5.74, 6) is 1.52. The molecule has 114 valence electrons. The molecule has 2 saturated carbocycles. The van der Waals surface area contributed by atoms with Gasteiger partial charge in [0.15, 0.2) is 0 Å². The van der Waals surface area contributed by atoms with Gasteiger partial charge in [-0.3, -0.25) is 4.79 Å². The van der Waals surface area contributed by atoms with Gasteiger partial charge in [-0.05, 0) is 49.1 Å². The third-order valence-electron chi connectivity index (χ3n) is 4.63. The molecule has 2 unspecified atom stereocenters. The lowest BCUT2D eigenvalue weighted by atomic mass is 10.1. The lowest BCUT2D eigenvalue weighted by molar-refractivity contribution is -0.133. The predicted molar refractivity (Wildman–Crippen MR) is 86.5 cm³/mol. The molecular formula is C18H24ClNO. The van der Waals surface area contributed by atoms with E-state index in [-0.39, 0.29) is 5.92 Å². The second-order valence-corrected chi connectivity index (χ2v) is 7.32. The summed E-state index contributed by atoms with van der Waals surface area (Å²) >= 11 is 6.26. The van der Waals surface area contributed by atoms with Gasteiger partial charge in [-0.1, -0.05) is 43.6 Å². The first-order valence-electron chi connectivity index (χ1n) is 8.13. The van der Waals surface area contributed by atoms with Gasteiger partial charge in [0, 0.05) is 23.5 Å². The van der Waals surface area contributed by atoms with Gasteiger partial charge < -0.3 is 4.90 Å². The Bertz CT molecular complexity index is 524. The van der Waals surface area contributed by atoms with E-state index in [0.717, 1.165) is 30.0 Å². The zero-order valence-corrected chi connectivity index (χ0v) is 13.6. The molecule has 2 atom stereocenters. The minimum Gasteiger partial charge on any atom is -0.339 e. The van der Waals surface area contributed by atoms with E-state index in [2.05, 4.69) is 24.8 Å². The van der Waals surface area contributed by atoms with E-state index in [9.17, 15) is 4.79 Å². The quantitative estimate of drug-likeness (QED) is 0.759. The van der Waals surface area contributed by atoms with Crippen molar-refractivity contribution in [2.75, 3.05) is 6.54 Å². The third kappa shape index (κ3) is 3.42. The molecule has 3 heteroatoms. The van der Waals surface area contributed by atoms with Gasteiger partial charge in [-0.15, -0.1) is 0 Å². The molecule has 1 aromatic carbocycles. The Morgan fingerprint density at radius 1 is 1.33 bits per heavy atom. The van der Waals surface area contributed by atoms with Gasteiger partial charge in [0.2, 0.25) is 5.91 Å². The Kier molecular flexibility index (Phi) is 4.26. The molecule has 0 spiro atoms. The van der Waals surface area contributed by atoms with Crippen molar-refractivity contribution in [3.63, 3.8) is 0 Å². The smallest absolute Gasteiger partial charge is 0.226 e. The highest BCUT2D eigenvalue weighted by molar-refractivity contribution is 6.31. The Morgan fingerprint density at radius 3 is 2.67 bits per heavy atom. The average Bonchev–Trinajstić information content (AvgIpc) is 3.32. The third-order valence-corrected chi connectivity index (χ3v) is 4.97. The number of amides is 1. The van der Waals surface area contributed by atoms with E-state index < -0.39 is 0 Å². The van der Waals surface area contributed by atoms with Crippen LogP contribution in [0.2, 0.25) is 5.02 Å². The maximum Gasteiger partial charge on any atom is 0.226 e. The van der Waals surface area contributed by atoms with Crippen LogP contribution in [0, 0.1) is 11.8 Å². The first-order chi connectivity index (χ1) is 10.1. The van der Waals surface area contributed by atoms with Crippen molar-refractivity contribution in [3.05, 3.63) is 34.9 Å². The maximum absolute atomic E-state index is 12.8. The Labute approximate surface area is 132 Å². The van der Waals surface area contributed by atoms with Crippen LogP contribution in [0.4, 0.5) is 0 Å². The molecule has 0 heterocycles. The second-order valence-electron chi connectivity index (χ2n) is 6.92. The molecule has 2 aliphatic rings. The molecule has 0 N–H and O–H groups in total. The maximum atomic E-state index is 12.8. The summed E-state index contributed by atoms with van der Waals surface area (Å²) in [6, 6.07) is 8.47. The van der Waals surface area contributed by atoms with Crippen LogP contribution in [0.15, 0.2) is 24.3 Å². The van der Waals surface area contributed by atoms with Gasteiger partial charge in [-0.2, -0.15) is 0 Å². The van der Waals surface area contributed by atoms with E-state index in [1.807, 2.05) is 18.2 Å². The molecular weight excluding hydrogens is 282 g/mol. The minimum absolute atomic E-state index is 0.165.